The van der Waals surface area contributed by atoms with Gasteiger partial charge in [-0.05, 0) is 56.5 Å². The summed E-state index contributed by atoms with van der Waals surface area (Å²) in [5.74, 6) is 0. The van der Waals surface area contributed by atoms with Crippen LogP contribution in [0.15, 0.2) is 17.1 Å². The number of hydrogen-bond donors (Lipinski definition) is 2. The number of aryl methyl sites for hydroxylation is 1. The summed E-state index contributed by atoms with van der Waals surface area (Å²) in [6.45, 7) is 2.11. The largest absolute Gasteiger partial charge is 0.416 e. The van der Waals surface area contributed by atoms with Crippen molar-refractivity contribution in [3.63, 3.8) is 0 Å². The molecule has 0 spiro atoms. The lowest BCUT2D eigenvalue weighted by molar-refractivity contribution is -0.138. The first-order chi connectivity index (χ1) is 10.3. The Hall–Kier alpha value is -1.72. The van der Waals surface area contributed by atoms with Crippen molar-refractivity contribution >= 4 is 22.6 Å². The van der Waals surface area contributed by atoms with Crippen molar-refractivity contribution in [1.82, 2.24) is 5.32 Å². The van der Waals surface area contributed by atoms with Gasteiger partial charge in [0, 0.05) is 5.69 Å². The van der Waals surface area contributed by atoms with E-state index in [1.807, 2.05) is 0 Å². The van der Waals surface area contributed by atoms with Gasteiger partial charge in [0.05, 0.1) is 5.56 Å². The van der Waals surface area contributed by atoms with Gasteiger partial charge in [0.15, 0.2) is 5.17 Å². The van der Waals surface area contributed by atoms with E-state index in [0.29, 0.717) is 18.5 Å². The highest BCUT2D eigenvalue weighted by Crippen LogP contribution is 2.36. The Labute approximate surface area is 131 Å². The molecule has 0 radical (unpaired) electrons. The van der Waals surface area contributed by atoms with Gasteiger partial charge in [0.2, 0.25) is 6.19 Å². The van der Waals surface area contributed by atoms with E-state index < -0.39 is 11.7 Å². The molecule has 1 aromatic carbocycles. The molecule has 4 nitrogen and oxygen atoms in total. The van der Waals surface area contributed by atoms with Crippen LogP contribution in [0.5, 0.6) is 0 Å². The first-order valence-electron chi connectivity index (χ1n) is 6.46. The Morgan fingerprint density at radius 1 is 1.41 bits per heavy atom. The number of aliphatic imine (C=N–C) groups is 1. The van der Waals surface area contributed by atoms with Crippen LogP contribution in [-0.4, -0.2) is 25.0 Å². The number of likely N-dealkylation sites (N-methyl/N-ethyl adjacent to an activating group) is 1. The average molecular weight is 330 g/mol. The van der Waals surface area contributed by atoms with Crippen LogP contribution in [-0.2, 0) is 12.6 Å². The average Bonchev–Trinajstić information content (AvgIpc) is 2.44. The first kappa shape index (κ1) is 18.3. The Morgan fingerprint density at radius 3 is 2.59 bits per heavy atom. The van der Waals surface area contributed by atoms with Crippen molar-refractivity contribution in [2.45, 2.75) is 19.5 Å². The third kappa shape index (κ3) is 4.93. The second-order valence-corrected chi connectivity index (χ2v) is 5.31. The van der Waals surface area contributed by atoms with E-state index in [1.54, 1.807) is 32.5 Å². The highest BCUT2D eigenvalue weighted by atomic mass is 32.2. The predicted molar refractivity (Wildman–Crippen MR) is 84.0 cm³/mol. The smallest absolute Gasteiger partial charge is 0.334 e. The van der Waals surface area contributed by atoms with Crippen LogP contribution in [0, 0.1) is 18.4 Å². The maximum Gasteiger partial charge on any atom is 0.416 e. The SMILES string of the molecule is CNCCc1c(C)cc(N/C(=N/C#N)SC)cc1C(F)(F)F. The molecule has 0 aliphatic rings. The van der Waals surface area contributed by atoms with Crippen molar-refractivity contribution in [1.29, 1.82) is 5.26 Å². The van der Waals surface area contributed by atoms with Gasteiger partial charge in [-0.1, -0.05) is 11.8 Å². The van der Waals surface area contributed by atoms with Gasteiger partial charge in [0.25, 0.3) is 0 Å². The second-order valence-electron chi connectivity index (χ2n) is 4.52. The number of alkyl halides is 3. The summed E-state index contributed by atoms with van der Waals surface area (Å²) in [6, 6.07) is 2.68. The van der Waals surface area contributed by atoms with E-state index in [2.05, 4.69) is 15.6 Å². The van der Waals surface area contributed by atoms with Gasteiger partial charge in [-0.2, -0.15) is 18.4 Å². The minimum absolute atomic E-state index is 0.248. The van der Waals surface area contributed by atoms with Gasteiger partial charge in [0.1, 0.15) is 0 Å². The fourth-order valence-corrected chi connectivity index (χ4v) is 2.37. The molecular formula is C14H17F3N4S. The topological polar surface area (TPSA) is 60.2 Å². The van der Waals surface area contributed by atoms with Crippen molar-refractivity contribution in [3.8, 4) is 6.19 Å². The van der Waals surface area contributed by atoms with Gasteiger partial charge in [-0.25, -0.2) is 0 Å². The third-order valence-corrected chi connectivity index (χ3v) is 3.58. The zero-order chi connectivity index (χ0) is 16.8. The highest BCUT2D eigenvalue weighted by Gasteiger charge is 2.34. The molecule has 120 valence electrons. The fraction of sp³-hybridized carbons (Fsp3) is 0.429. The van der Waals surface area contributed by atoms with Crippen LogP contribution in [0.1, 0.15) is 16.7 Å². The number of thioether (sulfide) groups is 1. The Bertz CT molecular complexity index is 591. The van der Waals surface area contributed by atoms with Gasteiger partial charge in [-0.15, -0.1) is 4.99 Å². The van der Waals surface area contributed by atoms with Crippen LogP contribution >= 0.6 is 11.8 Å². The fourth-order valence-electron chi connectivity index (χ4n) is 2.02. The zero-order valence-electron chi connectivity index (χ0n) is 12.5. The Morgan fingerprint density at radius 2 is 2.09 bits per heavy atom. The minimum atomic E-state index is -4.43. The van der Waals surface area contributed by atoms with E-state index in [1.165, 1.54) is 0 Å². The van der Waals surface area contributed by atoms with Crippen molar-refractivity contribution in [3.05, 3.63) is 28.8 Å². The molecule has 0 fully saturated rings. The summed E-state index contributed by atoms with van der Waals surface area (Å²) >= 11 is 1.15. The van der Waals surface area contributed by atoms with E-state index >= 15 is 0 Å². The number of nitriles is 1. The van der Waals surface area contributed by atoms with Crippen LogP contribution in [0.4, 0.5) is 18.9 Å². The highest BCUT2D eigenvalue weighted by molar-refractivity contribution is 8.13. The number of hydrogen-bond acceptors (Lipinski definition) is 4. The lowest BCUT2D eigenvalue weighted by Crippen LogP contribution is -2.17. The summed E-state index contributed by atoms with van der Waals surface area (Å²) in [6.07, 6.45) is -0.848. The van der Waals surface area contributed by atoms with Crippen molar-refractivity contribution < 1.29 is 13.2 Å². The molecule has 0 heterocycles. The van der Waals surface area contributed by atoms with Crippen molar-refractivity contribution in [2.75, 3.05) is 25.2 Å². The van der Waals surface area contributed by atoms with Crippen LogP contribution in [0.25, 0.3) is 0 Å². The van der Waals surface area contributed by atoms with E-state index in [0.717, 1.165) is 17.8 Å². The molecule has 0 saturated heterocycles. The zero-order valence-corrected chi connectivity index (χ0v) is 13.3. The molecule has 22 heavy (non-hydrogen) atoms. The van der Waals surface area contributed by atoms with E-state index in [-0.39, 0.29) is 16.4 Å². The molecule has 0 atom stereocenters. The normalized spacial score (nSPS) is 12.1. The molecule has 0 aliphatic carbocycles. The number of nitrogens with one attached hydrogen (secondary N) is 2. The van der Waals surface area contributed by atoms with Crippen LogP contribution in [0.3, 0.4) is 0 Å². The molecule has 2 N–H and O–H groups in total. The Balaban J connectivity index is 3.26. The molecule has 1 aromatic rings. The molecule has 0 saturated carbocycles. The Kier molecular flexibility index (Phi) is 6.71. The maximum absolute atomic E-state index is 13.3. The molecule has 0 unspecified atom stereocenters. The van der Waals surface area contributed by atoms with E-state index in [4.69, 9.17) is 5.26 Å². The number of benzene rings is 1. The molecule has 0 aromatic heterocycles. The number of anilines is 1. The summed E-state index contributed by atoms with van der Waals surface area (Å²) in [5.41, 5.74) is 0.421. The molecule has 1 rings (SSSR count). The number of amidine groups is 1. The quantitative estimate of drug-likeness (QED) is 0.505. The number of nitrogens with zero attached hydrogens (tertiary/aromatic N) is 2. The molecular weight excluding hydrogens is 313 g/mol. The number of halogens is 3. The maximum atomic E-state index is 13.3. The lowest BCUT2D eigenvalue weighted by Gasteiger charge is -2.18. The third-order valence-electron chi connectivity index (χ3n) is 3.00. The standard InChI is InChI=1S/C14H17F3N4S/c1-9-6-10(21-13(22-3)20-8-18)7-12(14(15,16)17)11(9)4-5-19-2/h6-7,19H,4-5H2,1-3H3,(H,20,21). The van der Waals surface area contributed by atoms with Gasteiger partial charge >= 0.3 is 6.18 Å². The molecule has 8 heteroatoms. The van der Waals surface area contributed by atoms with Crippen LogP contribution < -0.4 is 10.6 Å². The molecule has 0 amide bonds. The molecule has 0 aliphatic heterocycles. The summed E-state index contributed by atoms with van der Waals surface area (Å²) < 4.78 is 39.8. The lowest BCUT2D eigenvalue weighted by atomic mass is 9.97. The number of rotatable bonds is 4. The van der Waals surface area contributed by atoms with Gasteiger partial charge < -0.3 is 10.6 Å². The second kappa shape index (κ2) is 8.06. The minimum Gasteiger partial charge on any atom is -0.334 e. The van der Waals surface area contributed by atoms with Gasteiger partial charge in [-0.3, -0.25) is 0 Å². The summed E-state index contributed by atoms with van der Waals surface area (Å²) in [7, 11) is 1.70. The predicted octanol–water partition coefficient (Wildman–Crippen LogP) is 3.39. The van der Waals surface area contributed by atoms with Crippen LogP contribution in [0.2, 0.25) is 0 Å². The monoisotopic (exact) mass is 330 g/mol. The molecule has 0 bridgehead atoms. The summed E-state index contributed by atoms with van der Waals surface area (Å²) in [5, 5.41) is 14.4. The first-order valence-corrected chi connectivity index (χ1v) is 7.69. The van der Waals surface area contributed by atoms with E-state index in [9.17, 15) is 13.2 Å². The van der Waals surface area contributed by atoms with Crippen molar-refractivity contribution in [2.24, 2.45) is 4.99 Å². The summed E-state index contributed by atoms with van der Waals surface area (Å²) in [4.78, 5) is 3.51.